The summed E-state index contributed by atoms with van der Waals surface area (Å²) in [5.41, 5.74) is 5.56. The molecule has 152 valence electrons. The van der Waals surface area contributed by atoms with Crippen LogP contribution in [-0.4, -0.2) is 26.8 Å². The Morgan fingerprint density at radius 2 is 1.97 bits per heavy atom. The Labute approximate surface area is 182 Å². The summed E-state index contributed by atoms with van der Waals surface area (Å²) in [6.07, 6.45) is 7.66. The fourth-order valence-corrected chi connectivity index (χ4v) is 3.31. The van der Waals surface area contributed by atoms with Crippen molar-refractivity contribution in [2.75, 3.05) is 0 Å². The molecular formula is C24H24N4OS. The van der Waals surface area contributed by atoms with Gasteiger partial charge in [-0.2, -0.15) is 5.10 Å². The van der Waals surface area contributed by atoms with Crippen molar-refractivity contribution >= 4 is 29.3 Å². The van der Waals surface area contributed by atoms with Crippen LogP contribution in [0.15, 0.2) is 72.1 Å². The molecule has 0 unspecified atom stereocenters. The first-order valence-electron chi connectivity index (χ1n) is 9.97. The molecule has 2 aromatic carbocycles. The van der Waals surface area contributed by atoms with E-state index < -0.39 is 0 Å². The SMILES string of the molecule is C/C(=C\N=C(/S)c1ccccc1)n1cc(-c2cc(C(=O)NC3CC3)ccc2C)cn1. The predicted molar refractivity (Wildman–Crippen MR) is 125 cm³/mol. The van der Waals surface area contributed by atoms with Gasteiger partial charge in [-0.15, -0.1) is 12.6 Å². The lowest BCUT2D eigenvalue weighted by atomic mass is 10.0. The minimum Gasteiger partial charge on any atom is -0.349 e. The van der Waals surface area contributed by atoms with Crippen LogP contribution in [0, 0.1) is 6.92 Å². The number of carbonyl (C=O) groups excluding carboxylic acids is 1. The van der Waals surface area contributed by atoms with E-state index in [2.05, 4.69) is 28.0 Å². The van der Waals surface area contributed by atoms with Crippen LogP contribution in [0.2, 0.25) is 0 Å². The highest BCUT2D eigenvalue weighted by molar-refractivity contribution is 7.97. The van der Waals surface area contributed by atoms with E-state index in [0.29, 0.717) is 16.6 Å². The third kappa shape index (κ3) is 4.71. The van der Waals surface area contributed by atoms with Gasteiger partial charge in [-0.3, -0.25) is 4.79 Å². The molecular weight excluding hydrogens is 392 g/mol. The lowest BCUT2D eigenvalue weighted by Crippen LogP contribution is -2.25. The van der Waals surface area contributed by atoms with Crippen LogP contribution in [0.1, 0.15) is 41.3 Å². The first-order valence-corrected chi connectivity index (χ1v) is 10.4. The second kappa shape index (κ2) is 8.71. The highest BCUT2D eigenvalue weighted by Crippen LogP contribution is 2.26. The summed E-state index contributed by atoms with van der Waals surface area (Å²) in [4.78, 5) is 16.9. The Kier molecular flexibility index (Phi) is 5.86. The van der Waals surface area contributed by atoms with Crippen LogP contribution in [-0.2, 0) is 0 Å². The fraction of sp³-hybridized carbons (Fsp3) is 0.208. The fourth-order valence-electron chi connectivity index (χ4n) is 3.10. The van der Waals surface area contributed by atoms with Crippen LogP contribution in [0.4, 0.5) is 0 Å². The van der Waals surface area contributed by atoms with E-state index in [0.717, 1.165) is 40.8 Å². The number of allylic oxidation sites excluding steroid dienone is 1. The summed E-state index contributed by atoms with van der Waals surface area (Å²) in [5, 5.41) is 8.16. The van der Waals surface area contributed by atoms with Crippen LogP contribution in [0.3, 0.4) is 0 Å². The molecule has 4 rings (SSSR count). The summed E-state index contributed by atoms with van der Waals surface area (Å²) in [5.74, 6) is -0.0150. The highest BCUT2D eigenvalue weighted by Gasteiger charge is 2.24. The van der Waals surface area contributed by atoms with Gasteiger partial charge in [0.15, 0.2) is 0 Å². The molecule has 0 atom stereocenters. The van der Waals surface area contributed by atoms with Crippen molar-refractivity contribution in [3.8, 4) is 11.1 Å². The molecule has 1 fully saturated rings. The van der Waals surface area contributed by atoms with Gasteiger partial charge < -0.3 is 5.32 Å². The largest absolute Gasteiger partial charge is 0.349 e. The minimum absolute atomic E-state index is 0.0150. The van der Waals surface area contributed by atoms with Gasteiger partial charge in [-0.05, 0) is 49.9 Å². The van der Waals surface area contributed by atoms with Gasteiger partial charge in [0.1, 0.15) is 5.04 Å². The maximum Gasteiger partial charge on any atom is 0.251 e. The molecule has 5 nitrogen and oxygen atoms in total. The van der Waals surface area contributed by atoms with Crippen molar-refractivity contribution in [2.45, 2.75) is 32.7 Å². The molecule has 1 N–H and O–H groups in total. The smallest absolute Gasteiger partial charge is 0.251 e. The first-order chi connectivity index (χ1) is 14.5. The van der Waals surface area contributed by atoms with Crippen molar-refractivity contribution in [1.29, 1.82) is 0 Å². The average Bonchev–Trinajstić information content (AvgIpc) is 3.44. The van der Waals surface area contributed by atoms with Gasteiger partial charge in [-0.1, -0.05) is 36.4 Å². The van der Waals surface area contributed by atoms with Crippen molar-refractivity contribution in [3.63, 3.8) is 0 Å². The molecule has 1 saturated carbocycles. The monoisotopic (exact) mass is 416 g/mol. The summed E-state index contributed by atoms with van der Waals surface area (Å²) in [7, 11) is 0. The number of hydrogen-bond donors (Lipinski definition) is 2. The van der Waals surface area contributed by atoms with E-state index in [1.54, 1.807) is 10.9 Å². The zero-order valence-electron chi connectivity index (χ0n) is 17.0. The molecule has 30 heavy (non-hydrogen) atoms. The Balaban J connectivity index is 1.55. The van der Waals surface area contributed by atoms with E-state index in [1.165, 1.54) is 0 Å². The van der Waals surface area contributed by atoms with Gasteiger partial charge in [0.05, 0.1) is 11.9 Å². The number of carbonyl (C=O) groups is 1. The Morgan fingerprint density at radius 3 is 2.70 bits per heavy atom. The molecule has 3 aromatic rings. The molecule has 1 aliphatic carbocycles. The normalized spacial score (nSPS) is 14.6. The van der Waals surface area contributed by atoms with Gasteiger partial charge >= 0.3 is 0 Å². The molecule has 6 heteroatoms. The van der Waals surface area contributed by atoms with Gasteiger partial charge in [0.2, 0.25) is 0 Å². The van der Waals surface area contributed by atoms with E-state index in [4.69, 9.17) is 0 Å². The molecule has 0 spiro atoms. The number of amides is 1. The van der Waals surface area contributed by atoms with Crippen LogP contribution in [0.25, 0.3) is 16.8 Å². The number of rotatable bonds is 6. The topological polar surface area (TPSA) is 59.3 Å². The van der Waals surface area contributed by atoms with E-state index in [1.807, 2.05) is 74.8 Å². The standard InChI is InChI=1S/C24H24N4OS/c1-16-8-9-19(23(29)27-21-10-11-21)12-22(16)20-14-26-28(15-20)17(2)13-25-24(30)18-6-4-3-5-7-18/h3-9,12-15,21H,10-11H2,1-2H3,(H,25,30)(H,27,29)/b17-13+. The van der Waals surface area contributed by atoms with Gasteiger partial charge in [0, 0.05) is 35.1 Å². The van der Waals surface area contributed by atoms with Gasteiger partial charge in [-0.25, -0.2) is 9.67 Å². The van der Waals surface area contributed by atoms with E-state index >= 15 is 0 Å². The third-order valence-electron chi connectivity index (χ3n) is 5.07. The molecule has 1 heterocycles. The molecule has 1 amide bonds. The maximum atomic E-state index is 12.4. The van der Waals surface area contributed by atoms with Gasteiger partial charge in [0.25, 0.3) is 5.91 Å². The quantitative estimate of drug-likeness (QED) is 0.339. The van der Waals surface area contributed by atoms with Crippen LogP contribution >= 0.6 is 12.6 Å². The van der Waals surface area contributed by atoms with Crippen molar-refractivity contribution < 1.29 is 4.79 Å². The molecule has 1 aromatic heterocycles. The van der Waals surface area contributed by atoms with E-state index in [-0.39, 0.29) is 5.91 Å². The second-order valence-electron chi connectivity index (χ2n) is 7.54. The number of benzene rings is 2. The lowest BCUT2D eigenvalue weighted by molar-refractivity contribution is 0.0951. The summed E-state index contributed by atoms with van der Waals surface area (Å²) >= 11 is 4.48. The first kappa shape index (κ1) is 20.2. The van der Waals surface area contributed by atoms with Crippen LogP contribution in [0.5, 0.6) is 0 Å². The number of nitrogens with zero attached hydrogens (tertiary/aromatic N) is 3. The average molecular weight is 417 g/mol. The molecule has 0 radical (unpaired) electrons. The molecule has 0 aliphatic heterocycles. The lowest BCUT2D eigenvalue weighted by Gasteiger charge is -2.08. The van der Waals surface area contributed by atoms with Crippen molar-refractivity contribution in [1.82, 2.24) is 15.1 Å². The number of aromatic nitrogens is 2. The summed E-state index contributed by atoms with van der Waals surface area (Å²) < 4.78 is 1.78. The zero-order valence-corrected chi connectivity index (χ0v) is 17.9. The minimum atomic E-state index is -0.0150. The third-order valence-corrected chi connectivity index (χ3v) is 5.45. The number of nitrogens with one attached hydrogen (secondary N) is 1. The Bertz CT molecular complexity index is 1130. The molecule has 0 bridgehead atoms. The second-order valence-corrected chi connectivity index (χ2v) is 7.96. The number of hydrogen-bond acceptors (Lipinski definition) is 3. The summed E-state index contributed by atoms with van der Waals surface area (Å²) in [6.45, 7) is 3.98. The zero-order chi connectivity index (χ0) is 21.1. The molecule has 0 saturated heterocycles. The van der Waals surface area contributed by atoms with Crippen LogP contribution < -0.4 is 5.32 Å². The van der Waals surface area contributed by atoms with Crippen molar-refractivity contribution in [2.24, 2.45) is 4.99 Å². The van der Waals surface area contributed by atoms with Crippen molar-refractivity contribution in [3.05, 3.63) is 83.8 Å². The number of thiol groups is 1. The van der Waals surface area contributed by atoms with E-state index in [9.17, 15) is 4.79 Å². The Morgan fingerprint density at radius 1 is 1.20 bits per heavy atom. The molecule has 1 aliphatic rings. The summed E-state index contributed by atoms with van der Waals surface area (Å²) in [6, 6.07) is 15.9. The maximum absolute atomic E-state index is 12.4. The number of aliphatic imine (C=N–C) groups is 1. The number of aryl methyl sites for hydroxylation is 1. The predicted octanol–water partition coefficient (Wildman–Crippen LogP) is 4.95. The Hall–Kier alpha value is -3.12. The highest BCUT2D eigenvalue weighted by atomic mass is 32.1.